The first-order valence-corrected chi connectivity index (χ1v) is 13.2. The minimum Gasteiger partial charge on any atom is -0.469 e. The number of fused-ring (bicyclic) bond motifs is 1. The molecule has 0 bridgehead atoms. The first-order chi connectivity index (χ1) is 18.4. The Bertz CT molecular complexity index is 1420. The molecule has 1 saturated carbocycles. The predicted molar refractivity (Wildman–Crippen MR) is 142 cm³/mol. The van der Waals surface area contributed by atoms with Crippen LogP contribution in [-0.4, -0.2) is 54.0 Å². The van der Waals surface area contributed by atoms with Crippen molar-refractivity contribution in [3.8, 4) is 11.5 Å². The summed E-state index contributed by atoms with van der Waals surface area (Å²) in [6.07, 6.45) is 6.43. The van der Waals surface area contributed by atoms with E-state index in [1.165, 1.54) is 30.6 Å². The van der Waals surface area contributed by atoms with Crippen LogP contribution in [-0.2, 0) is 14.3 Å². The molecule has 0 unspecified atom stereocenters. The Kier molecular flexibility index (Phi) is 7.54. The first-order valence-electron chi connectivity index (χ1n) is 12.4. The maximum absolute atomic E-state index is 14.8. The number of carbonyl (C=O) groups is 3. The van der Waals surface area contributed by atoms with Crippen molar-refractivity contribution >= 4 is 50.7 Å². The molecule has 9 nitrogen and oxygen atoms in total. The summed E-state index contributed by atoms with van der Waals surface area (Å²) in [5, 5.41) is 5.43. The van der Waals surface area contributed by atoms with Gasteiger partial charge in [0, 0.05) is 54.4 Å². The van der Waals surface area contributed by atoms with E-state index in [0.717, 1.165) is 33.5 Å². The van der Waals surface area contributed by atoms with Gasteiger partial charge in [0.15, 0.2) is 11.6 Å². The molecule has 0 atom stereocenters. The monoisotopic (exact) mass is 538 g/mol. The number of urea groups is 1. The molecule has 1 aromatic carbocycles. The minimum atomic E-state index is -0.595. The number of pyridine rings is 1. The number of hydrogen-bond donors (Lipinski definition) is 2. The number of carbonyl (C=O) groups excluding carboxylic acids is 3. The van der Waals surface area contributed by atoms with Crippen molar-refractivity contribution in [3.05, 3.63) is 53.3 Å². The molecule has 198 valence electrons. The number of aromatic nitrogens is 1. The van der Waals surface area contributed by atoms with Crippen molar-refractivity contribution in [2.24, 2.45) is 0 Å². The third-order valence-corrected chi connectivity index (χ3v) is 7.56. The van der Waals surface area contributed by atoms with Gasteiger partial charge in [-0.1, -0.05) is 6.08 Å². The topological polar surface area (TPSA) is 110 Å². The smallest absolute Gasteiger partial charge is 0.319 e. The zero-order valence-electron chi connectivity index (χ0n) is 20.8. The highest BCUT2D eigenvalue weighted by Gasteiger charge is 2.24. The SMILES string of the molecule is COC(=O)CCC(=O)N1CC=C(c2cc3nccc(Oc4ccc(NC(=O)NC5CC5)cc4F)c3s2)CC1. The van der Waals surface area contributed by atoms with E-state index in [4.69, 9.17) is 4.74 Å². The number of benzene rings is 1. The molecule has 3 amide bonds. The van der Waals surface area contributed by atoms with Crippen LogP contribution in [0.4, 0.5) is 14.9 Å². The van der Waals surface area contributed by atoms with E-state index in [1.54, 1.807) is 23.2 Å². The first kappa shape index (κ1) is 25.7. The second kappa shape index (κ2) is 11.2. The Morgan fingerprint density at radius 1 is 1.16 bits per heavy atom. The fourth-order valence-electron chi connectivity index (χ4n) is 4.10. The molecule has 1 aliphatic carbocycles. The van der Waals surface area contributed by atoms with Gasteiger partial charge >= 0.3 is 12.0 Å². The van der Waals surface area contributed by atoms with Gasteiger partial charge in [-0.15, -0.1) is 11.3 Å². The summed E-state index contributed by atoms with van der Waals surface area (Å²) in [5.41, 5.74) is 2.17. The molecule has 1 aliphatic heterocycles. The number of amides is 3. The zero-order valence-corrected chi connectivity index (χ0v) is 21.6. The molecule has 2 aliphatic rings. The Morgan fingerprint density at radius 3 is 2.71 bits per heavy atom. The molecular formula is C27H27FN4O5S. The second-order valence-corrected chi connectivity index (χ2v) is 10.2. The van der Waals surface area contributed by atoms with Gasteiger partial charge in [-0.25, -0.2) is 9.18 Å². The third-order valence-electron chi connectivity index (χ3n) is 6.35. The van der Waals surface area contributed by atoms with Gasteiger partial charge in [-0.2, -0.15) is 0 Å². The Balaban J connectivity index is 1.26. The highest BCUT2D eigenvalue weighted by molar-refractivity contribution is 7.20. The predicted octanol–water partition coefficient (Wildman–Crippen LogP) is 5.08. The Hall–Kier alpha value is -3.99. The van der Waals surface area contributed by atoms with E-state index in [1.807, 2.05) is 12.1 Å². The maximum Gasteiger partial charge on any atom is 0.319 e. The second-order valence-electron chi connectivity index (χ2n) is 9.15. The van der Waals surface area contributed by atoms with Crippen LogP contribution in [0.2, 0.25) is 0 Å². The van der Waals surface area contributed by atoms with Crippen LogP contribution >= 0.6 is 11.3 Å². The molecular weight excluding hydrogens is 511 g/mol. The Labute approximate surface area is 222 Å². The molecule has 1 fully saturated rings. The van der Waals surface area contributed by atoms with Crippen molar-refractivity contribution in [2.75, 3.05) is 25.5 Å². The summed E-state index contributed by atoms with van der Waals surface area (Å²) in [5.74, 6) is -0.549. The average Bonchev–Trinajstić information content (AvgIpc) is 3.62. The molecule has 0 radical (unpaired) electrons. The van der Waals surface area contributed by atoms with Crippen molar-refractivity contribution in [2.45, 2.75) is 38.1 Å². The summed E-state index contributed by atoms with van der Waals surface area (Å²) in [4.78, 5) is 42.8. The van der Waals surface area contributed by atoms with Crippen molar-refractivity contribution in [1.29, 1.82) is 0 Å². The highest BCUT2D eigenvalue weighted by Crippen LogP contribution is 2.39. The van der Waals surface area contributed by atoms with Crippen LogP contribution in [0, 0.1) is 5.82 Å². The molecule has 11 heteroatoms. The van der Waals surface area contributed by atoms with Gasteiger partial charge in [0.2, 0.25) is 5.91 Å². The quantitative estimate of drug-likeness (QED) is 0.387. The number of rotatable bonds is 8. The lowest BCUT2D eigenvalue weighted by Crippen LogP contribution is -2.34. The molecule has 3 heterocycles. The van der Waals surface area contributed by atoms with E-state index < -0.39 is 11.8 Å². The van der Waals surface area contributed by atoms with Crippen LogP contribution < -0.4 is 15.4 Å². The number of ether oxygens (including phenoxy) is 2. The van der Waals surface area contributed by atoms with Crippen LogP contribution in [0.1, 0.15) is 37.0 Å². The minimum absolute atomic E-state index is 0.0404. The zero-order chi connectivity index (χ0) is 26.6. The van der Waals surface area contributed by atoms with Gasteiger partial charge in [0.05, 0.1) is 23.7 Å². The number of anilines is 1. The number of halogens is 1. The highest BCUT2D eigenvalue weighted by atomic mass is 32.1. The standard InChI is InChI=1S/C27H27FN4O5S/c1-36-25(34)7-6-24(33)32-12-9-16(10-13-32)23-15-20-26(38-23)22(8-11-29-20)37-21-5-4-18(14-19(21)28)31-27(35)30-17-2-3-17/h4-5,8-9,11,14-15,17H,2-3,6-7,10,12-13H2,1H3,(H2,30,31,35). The number of thiophene rings is 1. The van der Waals surface area contributed by atoms with E-state index in [-0.39, 0.29) is 36.6 Å². The molecule has 3 aromatic rings. The van der Waals surface area contributed by atoms with Gasteiger partial charge in [-0.05, 0) is 43.0 Å². The summed E-state index contributed by atoms with van der Waals surface area (Å²) in [7, 11) is 1.31. The molecule has 0 spiro atoms. The number of hydrogen-bond acceptors (Lipinski definition) is 7. The summed E-state index contributed by atoms with van der Waals surface area (Å²) in [6.45, 7) is 1.02. The van der Waals surface area contributed by atoms with Gasteiger partial charge in [0.1, 0.15) is 5.75 Å². The van der Waals surface area contributed by atoms with Crippen LogP contribution in [0.3, 0.4) is 0 Å². The normalized spacial score (nSPS) is 15.1. The lowest BCUT2D eigenvalue weighted by atomic mass is 10.1. The van der Waals surface area contributed by atoms with Gasteiger partial charge in [0.25, 0.3) is 0 Å². The van der Waals surface area contributed by atoms with E-state index in [2.05, 4.69) is 20.4 Å². The Morgan fingerprint density at radius 2 is 2.00 bits per heavy atom. The molecule has 38 heavy (non-hydrogen) atoms. The van der Waals surface area contributed by atoms with Crippen molar-refractivity contribution < 1.29 is 28.2 Å². The van der Waals surface area contributed by atoms with E-state index in [9.17, 15) is 18.8 Å². The number of esters is 1. The van der Waals surface area contributed by atoms with E-state index in [0.29, 0.717) is 30.9 Å². The van der Waals surface area contributed by atoms with Crippen molar-refractivity contribution in [3.63, 3.8) is 0 Å². The molecule has 2 N–H and O–H groups in total. The van der Waals surface area contributed by atoms with Crippen LogP contribution in [0.15, 0.2) is 42.6 Å². The fourth-order valence-corrected chi connectivity index (χ4v) is 5.24. The summed E-state index contributed by atoms with van der Waals surface area (Å²) < 4.78 is 26.1. The van der Waals surface area contributed by atoms with Gasteiger partial charge in [-0.3, -0.25) is 14.6 Å². The van der Waals surface area contributed by atoms with Crippen LogP contribution in [0.25, 0.3) is 15.8 Å². The number of nitrogens with zero attached hydrogens (tertiary/aromatic N) is 2. The third kappa shape index (κ3) is 6.10. The average molecular weight is 539 g/mol. The molecule has 5 rings (SSSR count). The number of nitrogens with one attached hydrogen (secondary N) is 2. The lowest BCUT2D eigenvalue weighted by Gasteiger charge is -2.26. The fraction of sp³-hybridized carbons (Fsp3) is 0.333. The summed E-state index contributed by atoms with van der Waals surface area (Å²) in [6, 6.07) is 7.81. The molecule has 2 aromatic heterocycles. The van der Waals surface area contributed by atoms with Crippen molar-refractivity contribution in [1.82, 2.24) is 15.2 Å². The largest absolute Gasteiger partial charge is 0.469 e. The van der Waals surface area contributed by atoms with Crippen LogP contribution in [0.5, 0.6) is 11.5 Å². The maximum atomic E-state index is 14.8. The lowest BCUT2D eigenvalue weighted by molar-refractivity contribution is -0.143. The van der Waals surface area contributed by atoms with E-state index >= 15 is 0 Å². The number of methoxy groups -OCH3 is 1. The van der Waals surface area contributed by atoms with Gasteiger partial charge < -0.3 is 25.0 Å². The summed E-state index contributed by atoms with van der Waals surface area (Å²) >= 11 is 1.50. The molecule has 0 saturated heterocycles.